The largest absolute Gasteiger partial charge is 0.511 e. The van der Waals surface area contributed by atoms with Gasteiger partial charge in [0.2, 0.25) is 0 Å². The molecule has 4 nitrogen and oxygen atoms in total. The van der Waals surface area contributed by atoms with Crippen LogP contribution in [-0.4, -0.2) is 26.0 Å². The van der Waals surface area contributed by atoms with Crippen LogP contribution in [0.25, 0.3) is 0 Å². The van der Waals surface area contributed by atoms with Gasteiger partial charge in [0, 0.05) is 12.1 Å². The Morgan fingerprint density at radius 3 is 2.41 bits per heavy atom. The van der Waals surface area contributed by atoms with E-state index in [2.05, 4.69) is 0 Å². The van der Waals surface area contributed by atoms with Crippen LogP contribution < -0.4 is 10.5 Å². The average Bonchev–Trinajstić information content (AvgIpc) is 2.19. The normalized spacial score (nSPS) is 31.5. The van der Waals surface area contributed by atoms with Gasteiger partial charge in [-0.3, -0.25) is 0 Å². The number of alkyl halides is 3. The Bertz CT molecular complexity index is 369. The molecule has 3 N–H and O–H groups in total. The molecule has 8 heteroatoms. The summed E-state index contributed by atoms with van der Waals surface area (Å²) < 4.78 is 61.0. The maximum atomic E-state index is 12.3. The highest BCUT2D eigenvalue weighted by molar-refractivity contribution is 7.90. The second-order valence-corrected chi connectivity index (χ2v) is 6.23. The summed E-state index contributed by atoms with van der Waals surface area (Å²) in [5.74, 6) is -0.196. The predicted molar refractivity (Wildman–Crippen MR) is 57.5 cm³/mol. The summed E-state index contributed by atoms with van der Waals surface area (Å²) in [6.45, 7) is 1.61. The van der Waals surface area contributed by atoms with Gasteiger partial charge < -0.3 is 5.73 Å². The van der Waals surface area contributed by atoms with Gasteiger partial charge in [-0.15, -0.1) is 0 Å². The Kier molecular flexibility index (Phi) is 4.10. The fraction of sp³-hybridized carbons (Fsp3) is 1.00. The zero-order valence-corrected chi connectivity index (χ0v) is 10.4. The van der Waals surface area contributed by atoms with Gasteiger partial charge in [-0.1, -0.05) is 19.8 Å². The van der Waals surface area contributed by atoms with Crippen LogP contribution in [0.15, 0.2) is 0 Å². The van der Waals surface area contributed by atoms with Crippen LogP contribution in [0.3, 0.4) is 0 Å². The van der Waals surface area contributed by atoms with Crippen molar-refractivity contribution in [3.63, 3.8) is 0 Å². The second kappa shape index (κ2) is 4.74. The molecular weight excluding hydrogens is 257 g/mol. The van der Waals surface area contributed by atoms with E-state index in [1.54, 1.807) is 11.6 Å². The third-order valence-electron chi connectivity index (χ3n) is 3.46. The molecule has 17 heavy (non-hydrogen) atoms. The van der Waals surface area contributed by atoms with E-state index in [1.165, 1.54) is 0 Å². The first kappa shape index (κ1) is 14.7. The molecule has 0 aromatic heterocycles. The highest BCUT2D eigenvalue weighted by Crippen LogP contribution is 2.35. The van der Waals surface area contributed by atoms with E-state index in [9.17, 15) is 21.6 Å². The highest BCUT2D eigenvalue weighted by Gasteiger charge is 2.51. The minimum atomic E-state index is -5.33. The lowest BCUT2D eigenvalue weighted by Crippen LogP contribution is -2.61. The monoisotopic (exact) mass is 274 g/mol. The Morgan fingerprint density at radius 1 is 1.41 bits per heavy atom. The quantitative estimate of drug-likeness (QED) is 0.815. The summed E-state index contributed by atoms with van der Waals surface area (Å²) in [5.41, 5.74) is -0.961. The van der Waals surface area contributed by atoms with Crippen LogP contribution >= 0.6 is 0 Å². The van der Waals surface area contributed by atoms with Crippen molar-refractivity contribution >= 4 is 10.0 Å². The topological polar surface area (TPSA) is 72.2 Å². The molecule has 0 saturated heterocycles. The van der Waals surface area contributed by atoms with Gasteiger partial charge in [0.25, 0.3) is 0 Å². The van der Waals surface area contributed by atoms with E-state index in [-0.39, 0.29) is 12.5 Å². The summed E-state index contributed by atoms with van der Waals surface area (Å²) in [4.78, 5) is 0. The van der Waals surface area contributed by atoms with Crippen LogP contribution in [0.4, 0.5) is 13.2 Å². The summed E-state index contributed by atoms with van der Waals surface area (Å²) in [6, 6.07) is 0. The highest BCUT2D eigenvalue weighted by atomic mass is 32.2. The van der Waals surface area contributed by atoms with Gasteiger partial charge in [0.15, 0.2) is 0 Å². The summed E-state index contributed by atoms with van der Waals surface area (Å²) >= 11 is 0. The number of nitrogens with two attached hydrogens (primary N) is 1. The smallest absolute Gasteiger partial charge is 0.329 e. The van der Waals surface area contributed by atoms with E-state index in [0.717, 1.165) is 6.42 Å². The van der Waals surface area contributed by atoms with E-state index < -0.39 is 21.1 Å². The molecule has 0 bridgehead atoms. The first-order valence-corrected chi connectivity index (χ1v) is 6.93. The lowest BCUT2D eigenvalue weighted by atomic mass is 9.74. The molecule has 1 saturated carbocycles. The molecule has 102 valence electrons. The van der Waals surface area contributed by atoms with Crippen LogP contribution in [0.2, 0.25) is 0 Å². The van der Waals surface area contributed by atoms with Crippen molar-refractivity contribution in [2.24, 2.45) is 11.7 Å². The summed E-state index contributed by atoms with van der Waals surface area (Å²) in [5, 5.41) is 0. The molecule has 2 unspecified atom stereocenters. The van der Waals surface area contributed by atoms with Gasteiger partial charge in [-0.25, -0.2) is 8.42 Å². The van der Waals surface area contributed by atoms with Crippen molar-refractivity contribution in [1.29, 1.82) is 0 Å². The van der Waals surface area contributed by atoms with Crippen molar-refractivity contribution in [3.05, 3.63) is 0 Å². The Labute approximate surface area is 98.8 Å². The number of halogens is 3. The molecule has 0 aromatic rings. The standard InChI is InChI=1S/C9H17F3N2O2S/c1-7-4-2-3-5-8(7,6-13)14-17(15,16)9(10,11)12/h7,14H,2-6,13H2,1H3. The zero-order valence-electron chi connectivity index (χ0n) is 9.55. The van der Waals surface area contributed by atoms with Gasteiger partial charge in [0.05, 0.1) is 0 Å². The van der Waals surface area contributed by atoms with Gasteiger partial charge >= 0.3 is 15.5 Å². The molecule has 1 fully saturated rings. The van der Waals surface area contributed by atoms with Gasteiger partial charge in [0.1, 0.15) is 0 Å². The third-order valence-corrected chi connectivity index (χ3v) is 4.74. The molecular formula is C9H17F3N2O2S. The number of sulfonamides is 1. The molecule has 0 radical (unpaired) electrons. The molecule has 0 aliphatic heterocycles. The molecule has 0 amide bonds. The van der Waals surface area contributed by atoms with E-state index >= 15 is 0 Å². The fourth-order valence-electron chi connectivity index (χ4n) is 2.24. The minimum Gasteiger partial charge on any atom is -0.329 e. The number of nitrogens with one attached hydrogen (secondary N) is 1. The lowest BCUT2D eigenvalue weighted by molar-refractivity contribution is -0.0463. The van der Waals surface area contributed by atoms with Crippen LogP contribution in [0, 0.1) is 5.92 Å². The van der Waals surface area contributed by atoms with E-state index in [1.807, 2.05) is 0 Å². The lowest BCUT2D eigenvalue weighted by Gasteiger charge is -2.42. The second-order valence-electron chi connectivity index (χ2n) is 4.56. The molecule has 0 spiro atoms. The number of hydrogen-bond donors (Lipinski definition) is 2. The first-order valence-electron chi connectivity index (χ1n) is 5.45. The zero-order chi connectivity index (χ0) is 13.3. The predicted octanol–water partition coefficient (Wildman–Crippen LogP) is 1.33. The van der Waals surface area contributed by atoms with E-state index in [0.29, 0.717) is 19.3 Å². The maximum Gasteiger partial charge on any atom is 0.511 e. The summed E-state index contributed by atoms with van der Waals surface area (Å²) in [6.07, 6.45) is 2.59. The summed E-state index contributed by atoms with van der Waals surface area (Å²) in [7, 11) is -5.33. The third kappa shape index (κ3) is 2.92. The fourth-order valence-corrected chi connectivity index (χ4v) is 3.27. The number of rotatable bonds is 3. The van der Waals surface area contributed by atoms with Crippen molar-refractivity contribution < 1.29 is 21.6 Å². The minimum absolute atomic E-state index is 0.122. The Morgan fingerprint density at radius 2 is 2.00 bits per heavy atom. The molecule has 0 heterocycles. The van der Waals surface area contributed by atoms with Gasteiger partial charge in [-0.2, -0.15) is 17.9 Å². The SMILES string of the molecule is CC1CCCCC1(CN)NS(=O)(=O)C(F)(F)F. The molecule has 2 atom stereocenters. The van der Waals surface area contributed by atoms with E-state index in [4.69, 9.17) is 5.73 Å². The van der Waals surface area contributed by atoms with Crippen LogP contribution in [-0.2, 0) is 10.0 Å². The number of hydrogen-bond acceptors (Lipinski definition) is 3. The molecule has 0 aromatic carbocycles. The first-order chi connectivity index (χ1) is 7.65. The molecule has 1 aliphatic rings. The maximum absolute atomic E-state index is 12.3. The van der Waals surface area contributed by atoms with Crippen LogP contribution in [0.5, 0.6) is 0 Å². The van der Waals surface area contributed by atoms with Crippen molar-refractivity contribution in [2.75, 3.05) is 6.54 Å². The van der Waals surface area contributed by atoms with Crippen LogP contribution in [0.1, 0.15) is 32.6 Å². The van der Waals surface area contributed by atoms with Crippen molar-refractivity contribution in [1.82, 2.24) is 4.72 Å². The Hall–Kier alpha value is -0.340. The van der Waals surface area contributed by atoms with Crippen molar-refractivity contribution in [2.45, 2.75) is 43.7 Å². The molecule has 1 aliphatic carbocycles. The van der Waals surface area contributed by atoms with Gasteiger partial charge in [-0.05, 0) is 18.8 Å². The molecule has 1 rings (SSSR count). The Balaban J connectivity index is 2.97. The average molecular weight is 274 g/mol. The van der Waals surface area contributed by atoms with Crippen molar-refractivity contribution in [3.8, 4) is 0 Å².